The molecule has 0 aliphatic carbocycles. The summed E-state index contributed by atoms with van der Waals surface area (Å²) in [5, 5.41) is 19.4. The van der Waals surface area contributed by atoms with Gasteiger partial charge in [0.1, 0.15) is 11.6 Å². The first kappa shape index (κ1) is 14.0. The molecule has 0 aliphatic heterocycles. The van der Waals surface area contributed by atoms with E-state index in [0.29, 0.717) is 11.5 Å². The normalized spacial score (nSPS) is 9.56. The zero-order chi connectivity index (χ0) is 13.5. The van der Waals surface area contributed by atoms with Crippen LogP contribution < -0.4 is 0 Å². The van der Waals surface area contributed by atoms with Crippen LogP contribution in [0.4, 0.5) is 5.69 Å². The van der Waals surface area contributed by atoms with Crippen LogP contribution in [-0.4, -0.2) is 23.3 Å². The standard InChI is InChI=1S/C11H10N2O4S/c1-2-17-11(14)7-18-9-3-4-10(13(15)16)8(5-9)6-12/h3-5H,2,7H2,1H3. The molecule has 7 heteroatoms. The second kappa shape index (κ2) is 6.61. The smallest absolute Gasteiger partial charge is 0.316 e. The number of carbonyl (C=O) groups is 1. The number of rotatable bonds is 5. The SMILES string of the molecule is CCOC(=O)CSc1ccc([N+](=O)[O-])c(C#N)c1. The number of nitriles is 1. The molecule has 1 aromatic carbocycles. The summed E-state index contributed by atoms with van der Waals surface area (Å²) in [5.41, 5.74) is -0.258. The molecular weight excluding hydrogens is 256 g/mol. The quantitative estimate of drug-likeness (QED) is 0.351. The lowest BCUT2D eigenvalue weighted by Crippen LogP contribution is -2.06. The number of thioether (sulfide) groups is 1. The molecule has 0 amide bonds. The van der Waals surface area contributed by atoms with Crippen LogP contribution >= 0.6 is 11.8 Å². The third kappa shape index (κ3) is 3.75. The average molecular weight is 266 g/mol. The summed E-state index contributed by atoms with van der Waals surface area (Å²) in [6.45, 7) is 2.02. The van der Waals surface area contributed by atoms with E-state index in [-0.39, 0.29) is 23.0 Å². The molecule has 0 bridgehead atoms. The molecule has 0 heterocycles. The van der Waals surface area contributed by atoms with Crippen LogP contribution in [0, 0.1) is 21.4 Å². The van der Waals surface area contributed by atoms with Crippen LogP contribution in [-0.2, 0) is 9.53 Å². The van der Waals surface area contributed by atoms with E-state index in [4.69, 9.17) is 10.00 Å². The van der Waals surface area contributed by atoms with Crippen molar-refractivity contribution in [2.24, 2.45) is 0 Å². The first-order valence-corrected chi connectivity index (χ1v) is 6.04. The highest BCUT2D eigenvalue weighted by Gasteiger charge is 2.14. The van der Waals surface area contributed by atoms with Crippen LogP contribution in [0.3, 0.4) is 0 Å². The van der Waals surface area contributed by atoms with Crippen molar-refractivity contribution in [1.29, 1.82) is 5.26 Å². The van der Waals surface area contributed by atoms with Gasteiger partial charge in [0.2, 0.25) is 0 Å². The van der Waals surface area contributed by atoms with Gasteiger partial charge < -0.3 is 4.74 Å². The lowest BCUT2D eigenvalue weighted by Gasteiger charge is -2.02. The van der Waals surface area contributed by atoms with Gasteiger partial charge in [-0.25, -0.2) is 0 Å². The number of benzene rings is 1. The number of nitro benzene ring substituents is 1. The van der Waals surface area contributed by atoms with Crippen LogP contribution in [0.25, 0.3) is 0 Å². The Morgan fingerprint density at radius 2 is 2.33 bits per heavy atom. The van der Waals surface area contributed by atoms with Gasteiger partial charge in [0.25, 0.3) is 5.69 Å². The van der Waals surface area contributed by atoms with Gasteiger partial charge in [-0.3, -0.25) is 14.9 Å². The highest BCUT2D eigenvalue weighted by Crippen LogP contribution is 2.25. The summed E-state index contributed by atoms with van der Waals surface area (Å²) in [6.07, 6.45) is 0. The molecule has 1 rings (SSSR count). The molecule has 0 atom stereocenters. The number of esters is 1. The Labute approximate surface area is 108 Å². The van der Waals surface area contributed by atoms with E-state index >= 15 is 0 Å². The maximum Gasteiger partial charge on any atom is 0.316 e. The fourth-order valence-corrected chi connectivity index (χ4v) is 1.93. The average Bonchev–Trinajstić information content (AvgIpc) is 2.36. The lowest BCUT2D eigenvalue weighted by atomic mass is 10.2. The molecule has 18 heavy (non-hydrogen) atoms. The van der Waals surface area contributed by atoms with Crippen molar-refractivity contribution < 1.29 is 14.5 Å². The van der Waals surface area contributed by atoms with Gasteiger partial charge in [-0.2, -0.15) is 5.26 Å². The van der Waals surface area contributed by atoms with Gasteiger partial charge >= 0.3 is 5.97 Å². The van der Waals surface area contributed by atoms with E-state index in [1.807, 2.05) is 0 Å². The Kier molecular flexibility index (Phi) is 5.14. The van der Waals surface area contributed by atoms with Crippen LogP contribution in [0.15, 0.2) is 23.1 Å². The van der Waals surface area contributed by atoms with Gasteiger partial charge in [0, 0.05) is 11.0 Å². The van der Waals surface area contributed by atoms with Gasteiger partial charge in [0.15, 0.2) is 0 Å². The largest absolute Gasteiger partial charge is 0.465 e. The van der Waals surface area contributed by atoms with E-state index in [2.05, 4.69) is 0 Å². The highest BCUT2D eigenvalue weighted by molar-refractivity contribution is 8.00. The minimum Gasteiger partial charge on any atom is -0.465 e. The molecule has 0 radical (unpaired) electrons. The van der Waals surface area contributed by atoms with E-state index in [1.165, 1.54) is 30.0 Å². The predicted octanol–water partition coefficient (Wildman–Crippen LogP) is 2.12. The molecule has 0 aliphatic rings. The van der Waals surface area contributed by atoms with Gasteiger partial charge in [-0.1, -0.05) is 0 Å². The van der Waals surface area contributed by atoms with Crippen molar-refractivity contribution in [3.8, 4) is 6.07 Å². The van der Waals surface area contributed by atoms with E-state index in [1.54, 1.807) is 13.0 Å². The fourth-order valence-electron chi connectivity index (χ4n) is 1.20. The van der Waals surface area contributed by atoms with Crippen LogP contribution in [0.1, 0.15) is 12.5 Å². The molecule has 0 unspecified atom stereocenters. The van der Waals surface area contributed by atoms with Crippen molar-refractivity contribution >= 4 is 23.4 Å². The molecular formula is C11H10N2O4S. The Balaban J connectivity index is 2.78. The summed E-state index contributed by atoms with van der Waals surface area (Å²) in [7, 11) is 0. The topological polar surface area (TPSA) is 93.2 Å². The van der Waals surface area contributed by atoms with Gasteiger partial charge in [0.05, 0.1) is 17.3 Å². The molecule has 0 spiro atoms. The van der Waals surface area contributed by atoms with Crippen molar-refractivity contribution in [1.82, 2.24) is 0 Å². The number of hydrogen-bond acceptors (Lipinski definition) is 6. The monoisotopic (exact) mass is 266 g/mol. The van der Waals surface area contributed by atoms with Crippen molar-refractivity contribution in [3.05, 3.63) is 33.9 Å². The summed E-state index contributed by atoms with van der Waals surface area (Å²) in [6, 6.07) is 5.91. The maximum absolute atomic E-state index is 11.1. The third-order valence-corrected chi connectivity index (χ3v) is 2.91. The Bertz CT molecular complexity index is 510. The third-order valence-electron chi connectivity index (χ3n) is 1.95. The maximum atomic E-state index is 11.1. The first-order valence-electron chi connectivity index (χ1n) is 5.05. The second-order valence-corrected chi connectivity index (χ2v) is 4.19. The number of nitrogens with zero attached hydrogens (tertiary/aromatic N) is 2. The summed E-state index contributed by atoms with van der Waals surface area (Å²) in [5.74, 6) is -0.254. The molecule has 0 N–H and O–H groups in total. The van der Waals surface area contributed by atoms with Crippen molar-refractivity contribution in [2.45, 2.75) is 11.8 Å². The second-order valence-electron chi connectivity index (χ2n) is 3.14. The Morgan fingerprint density at radius 3 is 2.89 bits per heavy atom. The fraction of sp³-hybridized carbons (Fsp3) is 0.273. The first-order chi connectivity index (χ1) is 8.58. The minimum atomic E-state index is -0.613. The molecule has 6 nitrogen and oxygen atoms in total. The number of carbonyl (C=O) groups excluding carboxylic acids is 1. The molecule has 0 saturated heterocycles. The van der Waals surface area contributed by atoms with E-state index in [9.17, 15) is 14.9 Å². The van der Waals surface area contributed by atoms with Crippen molar-refractivity contribution in [3.63, 3.8) is 0 Å². The lowest BCUT2D eigenvalue weighted by molar-refractivity contribution is -0.385. The minimum absolute atomic E-state index is 0.0196. The number of ether oxygens (including phenoxy) is 1. The summed E-state index contributed by atoms with van der Waals surface area (Å²) >= 11 is 1.17. The highest BCUT2D eigenvalue weighted by atomic mass is 32.2. The Hall–Kier alpha value is -2.07. The predicted molar refractivity (Wildman–Crippen MR) is 65.2 cm³/mol. The van der Waals surface area contributed by atoms with Crippen LogP contribution in [0.5, 0.6) is 0 Å². The zero-order valence-electron chi connectivity index (χ0n) is 9.58. The zero-order valence-corrected chi connectivity index (χ0v) is 10.4. The molecule has 94 valence electrons. The molecule has 0 saturated carbocycles. The number of nitro groups is 1. The molecule has 0 aromatic heterocycles. The van der Waals surface area contributed by atoms with Gasteiger partial charge in [-0.15, -0.1) is 11.8 Å². The van der Waals surface area contributed by atoms with Crippen molar-refractivity contribution in [2.75, 3.05) is 12.4 Å². The molecule has 1 aromatic rings. The number of hydrogen-bond donors (Lipinski definition) is 0. The summed E-state index contributed by atoms with van der Waals surface area (Å²) in [4.78, 5) is 21.7. The summed E-state index contributed by atoms with van der Waals surface area (Å²) < 4.78 is 4.75. The molecule has 0 fully saturated rings. The van der Waals surface area contributed by atoms with E-state index < -0.39 is 4.92 Å². The van der Waals surface area contributed by atoms with Crippen LogP contribution in [0.2, 0.25) is 0 Å². The van der Waals surface area contributed by atoms with Gasteiger partial charge in [-0.05, 0) is 19.1 Å². The van der Waals surface area contributed by atoms with E-state index in [0.717, 1.165) is 0 Å². The Morgan fingerprint density at radius 1 is 1.61 bits per heavy atom.